The minimum Gasteiger partial charge on any atom is -0.444 e. The molecule has 1 heterocycles. The Kier molecular flexibility index (Phi) is 4.21. The van der Waals surface area contributed by atoms with E-state index in [1.165, 1.54) is 15.6 Å². The summed E-state index contributed by atoms with van der Waals surface area (Å²) in [7, 11) is 0. The van der Waals surface area contributed by atoms with Crippen molar-refractivity contribution in [1.82, 2.24) is 10.2 Å². The van der Waals surface area contributed by atoms with E-state index >= 15 is 0 Å². The van der Waals surface area contributed by atoms with Gasteiger partial charge in [0.25, 0.3) is 0 Å². The molecular formula is C17H23BrN2O2. The highest BCUT2D eigenvalue weighted by molar-refractivity contribution is 9.10. The number of benzene rings is 1. The van der Waals surface area contributed by atoms with Crippen LogP contribution in [-0.4, -0.2) is 35.7 Å². The van der Waals surface area contributed by atoms with Crippen molar-refractivity contribution < 1.29 is 9.53 Å². The average molecular weight is 367 g/mol. The predicted octanol–water partition coefficient (Wildman–Crippen LogP) is 3.65. The lowest BCUT2D eigenvalue weighted by Crippen LogP contribution is -2.60. The van der Waals surface area contributed by atoms with Gasteiger partial charge in [0.1, 0.15) is 5.60 Å². The quantitative estimate of drug-likeness (QED) is 0.868. The summed E-state index contributed by atoms with van der Waals surface area (Å²) in [5.74, 6) is 0. The Balaban J connectivity index is 1.52. The summed E-state index contributed by atoms with van der Waals surface area (Å²) < 4.78 is 6.59. The summed E-state index contributed by atoms with van der Waals surface area (Å²) in [6.07, 6.45) is 2.03. The number of likely N-dealkylation sites (tertiary alicyclic amines) is 1. The van der Waals surface area contributed by atoms with Gasteiger partial charge in [0.15, 0.2) is 0 Å². The topological polar surface area (TPSA) is 41.6 Å². The fourth-order valence-corrected chi connectivity index (χ4v) is 3.71. The number of hydrogen-bond donors (Lipinski definition) is 1. The van der Waals surface area contributed by atoms with E-state index in [1.54, 1.807) is 4.90 Å². The molecule has 1 saturated heterocycles. The summed E-state index contributed by atoms with van der Waals surface area (Å²) in [5, 5.41) is 3.68. The summed E-state index contributed by atoms with van der Waals surface area (Å²) in [6, 6.07) is 7.17. The fraction of sp³-hybridized carbons (Fsp3) is 0.588. The first-order valence-corrected chi connectivity index (χ1v) is 8.64. The molecule has 0 bridgehead atoms. The zero-order chi connectivity index (χ0) is 15.9. The number of halogens is 1. The molecule has 1 aromatic rings. The van der Waals surface area contributed by atoms with Crippen LogP contribution in [0.4, 0.5) is 4.79 Å². The number of ether oxygens (including phenoxy) is 1. The summed E-state index contributed by atoms with van der Waals surface area (Å²) in [4.78, 5) is 13.7. The molecule has 3 rings (SSSR count). The Labute approximate surface area is 140 Å². The van der Waals surface area contributed by atoms with E-state index in [-0.39, 0.29) is 6.09 Å². The number of nitrogens with zero attached hydrogens (tertiary/aromatic N) is 1. The lowest BCUT2D eigenvalue weighted by atomic mass is 10.0. The number of nitrogens with one attached hydrogen (secondary N) is 1. The van der Waals surface area contributed by atoms with Crippen LogP contribution in [0.1, 0.15) is 44.4 Å². The number of amides is 1. The van der Waals surface area contributed by atoms with Crippen molar-refractivity contribution in [3.8, 4) is 0 Å². The first kappa shape index (κ1) is 15.8. The van der Waals surface area contributed by atoms with Gasteiger partial charge in [-0.2, -0.15) is 0 Å². The van der Waals surface area contributed by atoms with Crippen molar-refractivity contribution in [2.75, 3.05) is 13.1 Å². The Bertz CT molecular complexity index is 577. The second-order valence-electron chi connectivity index (χ2n) is 7.15. The summed E-state index contributed by atoms with van der Waals surface area (Å²) >= 11 is 3.63. The van der Waals surface area contributed by atoms with Gasteiger partial charge >= 0.3 is 6.09 Å². The highest BCUT2D eigenvalue weighted by Crippen LogP contribution is 2.36. The van der Waals surface area contributed by atoms with Gasteiger partial charge in [-0.25, -0.2) is 4.79 Å². The van der Waals surface area contributed by atoms with E-state index in [1.807, 2.05) is 20.8 Å². The molecule has 2 aliphatic rings. The smallest absolute Gasteiger partial charge is 0.410 e. The van der Waals surface area contributed by atoms with Crippen LogP contribution in [0, 0.1) is 0 Å². The van der Waals surface area contributed by atoms with Crippen LogP contribution >= 0.6 is 15.9 Å². The van der Waals surface area contributed by atoms with Crippen molar-refractivity contribution >= 4 is 22.0 Å². The Morgan fingerprint density at radius 1 is 1.36 bits per heavy atom. The van der Waals surface area contributed by atoms with E-state index in [0.717, 1.165) is 25.9 Å². The molecule has 1 aliphatic carbocycles. The molecule has 1 atom stereocenters. The lowest BCUT2D eigenvalue weighted by Gasteiger charge is -2.41. The first-order valence-electron chi connectivity index (χ1n) is 7.85. The van der Waals surface area contributed by atoms with Gasteiger partial charge in [0.05, 0.1) is 0 Å². The van der Waals surface area contributed by atoms with Crippen LogP contribution in [-0.2, 0) is 11.2 Å². The summed E-state index contributed by atoms with van der Waals surface area (Å²) in [6.45, 7) is 7.15. The number of carbonyl (C=O) groups excluding carboxylic acids is 1. The maximum atomic E-state index is 11.9. The first-order chi connectivity index (χ1) is 10.3. The Hall–Kier alpha value is -1.07. The normalized spacial score (nSPS) is 21.5. The molecule has 0 spiro atoms. The van der Waals surface area contributed by atoms with Gasteiger partial charge in [-0.15, -0.1) is 0 Å². The monoisotopic (exact) mass is 366 g/mol. The van der Waals surface area contributed by atoms with Crippen molar-refractivity contribution in [1.29, 1.82) is 0 Å². The molecule has 1 N–H and O–H groups in total. The van der Waals surface area contributed by atoms with Gasteiger partial charge in [-0.1, -0.05) is 28.1 Å². The minimum absolute atomic E-state index is 0.208. The molecule has 22 heavy (non-hydrogen) atoms. The second kappa shape index (κ2) is 5.85. The molecule has 4 nitrogen and oxygen atoms in total. The molecule has 1 unspecified atom stereocenters. The van der Waals surface area contributed by atoms with E-state index in [0.29, 0.717) is 12.1 Å². The molecule has 1 aliphatic heterocycles. The largest absolute Gasteiger partial charge is 0.444 e. The molecule has 1 amide bonds. The SMILES string of the molecule is CC(C)(C)OC(=O)N1CC(NC2CCc3c(Br)cccc32)C1. The number of hydrogen-bond acceptors (Lipinski definition) is 3. The highest BCUT2D eigenvalue weighted by Gasteiger charge is 2.36. The standard InChI is InChI=1S/C17H23BrN2O2/c1-17(2,3)22-16(21)20-9-11(10-20)19-15-8-7-12-13(15)5-4-6-14(12)18/h4-6,11,15,19H,7-10H2,1-3H3. The third kappa shape index (κ3) is 3.30. The minimum atomic E-state index is -0.424. The van der Waals surface area contributed by atoms with Gasteiger partial charge in [0.2, 0.25) is 0 Å². The van der Waals surface area contributed by atoms with Gasteiger partial charge in [-0.05, 0) is 50.8 Å². The number of carbonyl (C=O) groups is 1. The summed E-state index contributed by atoms with van der Waals surface area (Å²) in [5.41, 5.74) is 2.39. The van der Waals surface area contributed by atoms with Crippen LogP contribution in [0.5, 0.6) is 0 Å². The molecule has 0 aromatic heterocycles. The van der Waals surface area contributed by atoms with Crippen molar-refractivity contribution in [2.45, 2.75) is 51.3 Å². The van der Waals surface area contributed by atoms with Crippen LogP contribution in [0.3, 0.4) is 0 Å². The zero-order valence-corrected chi connectivity index (χ0v) is 14.9. The zero-order valence-electron chi connectivity index (χ0n) is 13.4. The van der Waals surface area contributed by atoms with Crippen LogP contribution in [0.25, 0.3) is 0 Å². The Morgan fingerprint density at radius 2 is 2.09 bits per heavy atom. The van der Waals surface area contributed by atoms with Gasteiger partial charge in [-0.3, -0.25) is 0 Å². The number of rotatable bonds is 2. The van der Waals surface area contributed by atoms with Crippen molar-refractivity contribution in [3.63, 3.8) is 0 Å². The third-order valence-corrected chi connectivity index (χ3v) is 4.93. The molecule has 1 fully saturated rings. The number of fused-ring (bicyclic) bond motifs is 1. The maximum absolute atomic E-state index is 11.9. The van der Waals surface area contributed by atoms with Crippen LogP contribution in [0.15, 0.2) is 22.7 Å². The van der Waals surface area contributed by atoms with E-state index in [9.17, 15) is 4.79 Å². The maximum Gasteiger partial charge on any atom is 0.410 e. The molecule has 120 valence electrons. The fourth-order valence-electron chi connectivity index (χ4n) is 3.13. The molecule has 1 aromatic carbocycles. The van der Waals surface area contributed by atoms with Crippen molar-refractivity contribution in [2.24, 2.45) is 0 Å². The molecule has 0 radical (unpaired) electrons. The van der Waals surface area contributed by atoms with E-state index in [2.05, 4.69) is 39.4 Å². The highest BCUT2D eigenvalue weighted by atomic mass is 79.9. The molecule has 0 saturated carbocycles. The molecule has 5 heteroatoms. The lowest BCUT2D eigenvalue weighted by molar-refractivity contribution is 0.00415. The third-order valence-electron chi connectivity index (χ3n) is 4.18. The van der Waals surface area contributed by atoms with Crippen LogP contribution < -0.4 is 5.32 Å². The average Bonchev–Trinajstić information content (AvgIpc) is 2.75. The van der Waals surface area contributed by atoms with E-state index < -0.39 is 5.60 Å². The van der Waals surface area contributed by atoms with Gasteiger partial charge < -0.3 is 15.0 Å². The van der Waals surface area contributed by atoms with E-state index in [4.69, 9.17) is 4.74 Å². The predicted molar refractivity (Wildman–Crippen MR) is 89.9 cm³/mol. The van der Waals surface area contributed by atoms with Gasteiger partial charge in [0, 0.05) is 29.6 Å². The van der Waals surface area contributed by atoms with Crippen LogP contribution in [0.2, 0.25) is 0 Å². The second-order valence-corrected chi connectivity index (χ2v) is 8.00. The Morgan fingerprint density at radius 3 is 2.77 bits per heavy atom. The van der Waals surface area contributed by atoms with Crippen molar-refractivity contribution in [3.05, 3.63) is 33.8 Å². The molecular weight excluding hydrogens is 344 g/mol.